The van der Waals surface area contributed by atoms with Gasteiger partial charge in [-0.15, -0.1) is 0 Å². The van der Waals surface area contributed by atoms with E-state index < -0.39 is 29.6 Å². The van der Waals surface area contributed by atoms with Gasteiger partial charge in [-0.2, -0.15) is 0 Å². The van der Waals surface area contributed by atoms with Gasteiger partial charge < -0.3 is 29.3 Å². The Labute approximate surface area is 182 Å². The van der Waals surface area contributed by atoms with E-state index >= 15 is 0 Å². The summed E-state index contributed by atoms with van der Waals surface area (Å²) in [5.41, 5.74) is -0.492. The number of carboxylic acids is 2. The van der Waals surface area contributed by atoms with Crippen LogP contribution < -0.4 is 0 Å². The van der Waals surface area contributed by atoms with Crippen molar-refractivity contribution in [3.05, 3.63) is 0 Å². The van der Waals surface area contributed by atoms with Crippen molar-refractivity contribution >= 4 is 11.9 Å². The molecule has 5 rings (SSSR count). The zero-order valence-corrected chi connectivity index (χ0v) is 18.9. The number of rotatable bonds is 4. The maximum Gasteiger partial charge on any atom is 0.414 e. The summed E-state index contributed by atoms with van der Waals surface area (Å²) in [5, 5.41) is 14.8. The molecule has 2 bridgehead atoms. The van der Waals surface area contributed by atoms with Crippen LogP contribution in [0.5, 0.6) is 0 Å². The summed E-state index contributed by atoms with van der Waals surface area (Å²) in [6, 6.07) is 0. The number of likely N-dealkylation sites (N-methyl/N-ethyl adjacent to an activating group) is 1. The molecule has 4 heterocycles. The molecule has 178 valence electrons. The van der Waals surface area contributed by atoms with Crippen molar-refractivity contribution in [3.63, 3.8) is 0 Å². The molecule has 2 N–H and O–H groups in total. The highest BCUT2D eigenvalue weighted by atomic mass is 17.3. The predicted molar refractivity (Wildman–Crippen MR) is 107 cm³/mol. The van der Waals surface area contributed by atoms with E-state index in [-0.39, 0.29) is 12.2 Å². The topological polar surface area (TPSA) is 124 Å². The van der Waals surface area contributed by atoms with Crippen LogP contribution in [0.25, 0.3) is 0 Å². The summed E-state index contributed by atoms with van der Waals surface area (Å²) in [6.45, 7) is 8.06. The molecule has 5 aliphatic rings. The summed E-state index contributed by atoms with van der Waals surface area (Å²) in [7, 11) is 4.10. The SMILES string of the molecule is C[C@H]1[C@@H](OCCN(C)C)O[C@@H]2O[C@@]3(C)CC[C@H]4[C@H](C)CC[C@@H]1[C@@]24OO3.O=C(O)C(=O)O. The van der Waals surface area contributed by atoms with Crippen molar-refractivity contribution < 1.29 is 43.8 Å². The lowest BCUT2D eigenvalue weighted by Gasteiger charge is -2.60. The summed E-state index contributed by atoms with van der Waals surface area (Å²) in [6.07, 6.45) is 3.58. The molecular weight excluding hydrogens is 410 g/mol. The second-order valence-corrected chi connectivity index (χ2v) is 9.56. The molecule has 10 nitrogen and oxygen atoms in total. The summed E-state index contributed by atoms with van der Waals surface area (Å²) >= 11 is 0. The van der Waals surface area contributed by atoms with Crippen LogP contribution in [-0.4, -0.2) is 78.3 Å². The van der Waals surface area contributed by atoms with E-state index in [1.165, 1.54) is 6.42 Å². The fraction of sp³-hybridized carbons (Fsp3) is 0.905. The Morgan fingerprint density at radius 3 is 2.35 bits per heavy atom. The largest absolute Gasteiger partial charge is 0.473 e. The lowest BCUT2D eigenvalue weighted by atomic mass is 9.58. The lowest BCUT2D eigenvalue weighted by molar-refractivity contribution is -0.577. The minimum absolute atomic E-state index is 0.249. The van der Waals surface area contributed by atoms with Gasteiger partial charge in [0.15, 0.2) is 18.2 Å². The fourth-order valence-corrected chi connectivity index (χ4v) is 5.41. The minimum Gasteiger partial charge on any atom is -0.473 e. The third-order valence-electron chi connectivity index (χ3n) is 7.10. The standard InChI is InChI=1S/C19H33NO5.C2H2O4/c1-12-6-7-15-13(2)16(21-11-10-20(4)5)22-17-19(15)14(12)8-9-18(3,23-17)24-25-19;3-1(4)2(5)6/h12-17H,6-11H2,1-5H3;(H,3,4)(H,5,6)/t12-,13-,14+,15+,16+,17-,18-,19-;/m1./s1. The Hall–Kier alpha value is -1.30. The quantitative estimate of drug-likeness (QED) is 0.490. The smallest absolute Gasteiger partial charge is 0.414 e. The lowest BCUT2D eigenvalue weighted by Crippen LogP contribution is -2.70. The first-order valence-corrected chi connectivity index (χ1v) is 10.9. The summed E-state index contributed by atoms with van der Waals surface area (Å²) in [4.78, 5) is 32.3. The van der Waals surface area contributed by atoms with Gasteiger partial charge in [0.05, 0.1) is 6.61 Å². The number of fused-ring (bicyclic) bond motifs is 2. The number of carboxylic acid groups (broad SMARTS) is 2. The van der Waals surface area contributed by atoms with E-state index in [4.69, 9.17) is 43.8 Å². The number of hydrogen-bond donors (Lipinski definition) is 2. The Balaban J connectivity index is 0.000000401. The first-order chi connectivity index (χ1) is 14.5. The number of hydrogen-bond acceptors (Lipinski definition) is 8. The molecule has 10 heteroatoms. The monoisotopic (exact) mass is 445 g/mol. The van der Waals surface area contributed by atoms with E-state index in [2.05, 4.69) is 32.8 Å². The molecule has 1 saturated carbocycles. The molecule has 0 aromatic carbocycles. The number of aliphatic carboxylic acids is 2. The van der Waals surface area contributed by atoms with Gasteiger partial charge in [-0.3, -0.25) is 0 Å². The normalized spacial score (nSPS) is 43.4. The second kappa shape index (κ2) is 9.29. The first-order valence-electron chi connectivity index (χ1n) is 10.9. The third kappa shape index (κ3) is 4.74. The van der Waals surface area contributed by atoms with Gasteiger partial charge in [0.1, 0.15) is 0 Å². The molecule has 1 spiro atoms. The molecule has 0 unspecified atom stereocenters. The van der Waals surface area contributed by atoms with Crippen LogP contribution >= 0.6 is 0 Å². The van der Waals surface area contributed by atoms with E-state index in [0.717, 1.165) is 25.8 Å². The third-order valence-corrected chi connectivity index (χ3v) is 7.10. The molecule has 4 saturated heterocycles. The molecule has 0 aromatic rings. The fourth-order valence-electron chi connectivity index (χ4n) is 5.41. The van der Waals surface area contributed by atoms with Gasteiger partial charge in [-0.1, -0.05) is 13.8 Å². The zero-order chi connectivity index (χ0) is 23.0. The van der Waals surface area contributed by atoms with Gasteiger partial charge in [0.25, 0.3) is 0 Å². The van der Waals surface area contributed by atoms with Crippen LogP contribution in [0.2, 0.25) is 0 Å². The van der Waals surface area contributed by atoms with Crippen molar-refractivity contribution in [2.24, 2.45) is 23.7 Å². The zero-order valence-electron chi connectivity index (χ0n) is 18.9. The average Bonchev–Trinajstić information content (AvgIpc) is 2.92. The van der Waals surface area contributed by atoms with Crippen LogP contribution in [0.1, 0.15) is 46.5 Å². The number of ether oxygens (including phenoxy) is 3. The van der Waals surface area contributed by atoms with Gasteiger partial charge in [-0.25, -0.2) is 19.4 Å². The van der Waals surface area contributed by atoms with Gasteiger partial charge in [-0.05, 0) is 52.1 Å². The van der Waals surface area contributed by atoms with E-state index in [1.807, 2.05) is 6.92 Å². The van der Waals surface area contributed by atoms with Crippen LogP contribution in [0.4, 0.5) is 0 Å². The van der Waals surface area contributed by atoms with E-state index in [1.54, 1.807) is 0 Å². The Morgan fingerprint density at radius 2 is 1.74 bits per heavy atom. The summed E-state index contributed by atoms with van der Waals surface area (Å²) in [5.74, 6) is -2.78. The summed E-state index contributed by atoms with van der Waals surface area (Å²) < 4.78 is 18.8. The maximum atomic E-state index is 9.10. The Bertz CT molecular complexity index is 661. The molecule has 0 radical (unpaired) electrons. The van der Waals surface area contributed by atoms with Crippen LogP contribution in [-0.2, 0) is 33.6 Å². The highest BCUT2D eigenvalue weighted by Gasteiger charge is 2.69. The van der Waals surface area contributed by atoms with Crippen LogP contribution in [0.15, 0.2) is 0 Å². The van der Waals surface area contributed by atoms with Crippen molar-refractivity contribution in [3.8, 4) is 0 Å². The highest BCUT2D eigenvalue weighted by molar-refractivity contribution is 6.27. The molecule has 4 aliphatic heterocycles. The molecule has 8 atom stereocenters. The molecule has 5 fully saturated rings. The molecule has 0 aromatic heterocycles. The van der Waals surface area contributed by atoms with Crippen molar-refractivity contribution in [1.82, 2.24) is 4.90 Å². The second-order valence-electron chi connectivity index (χ2n) is 9.56. The first kappa shape index (κ1) is 24.3. The Kier molecular flexibility index (Phi) is 7.29. The molecular formula is C21H35NO9. The van der Waals surface area contributed by atoms with E-state index in [9.17, 15) is 0 Å². The molecule has 0 amide bonds. The van der Waals surface area contributed by atoms with Crippen molar-refractivity contribution in [1.29, 1.82) is 0 Å². The predicted octanol–water partition coefficient (Wildman–Crippen LogP) is 1.93. The highest BCUT2D eigenvalue weighted by Crippen LogP contribution is 2.60. The Morgan fingerprint density at radius 1 is 1.06 bits per heavy atom. The van der Waals surface area contributed by atoms with Gasteiger partial charge in [0, 0.05) is 24.8 Å². The van der Waals surface area contributed by atoms with Gasteiger partial charge in [0.2, 0.25) is 5.79 Å². The number of carbonyl (C=O) groups is 2. The van der Waals surface area contributed by atoms with Crippen molar-refractivity contribution in [2.75, 3.05) is 27.2 Å². The molecule has 31 heavy (non-hydrogen) atoms. The average molecular weight is 446 g/mol. The van der Waals surface area contributed by atoms with Gasteiger partial charge >= 0.3 is 11.9 Å². The minimum atomic E-state index is -1.82. The molecule has 1 aliphatic carbocycles. The maximum absolute atomic E-state index is 9.10. The van der Waals surface area contributed by atoms with E-state index in [0.29, 0.717) is 24.4 Å². The van der Waals surface area contributed by atoms with Crippen LogP contribution in [0, 0.1) is 23.7 Å². The van der Waals surface area contributed by atoms with Crippen LogP contribution in [0.3, 0.4) is 0 Å². The number of nitrogens with zero attached hydrogens (tertiary/aromatic N) is 1. The van der Waals surface area contributed by atoms with Crippen molar-refractivity contribution in [2.45, 2.75) is 70.4 Å².